The predicted octanol–water partition coefficient (Wildman–Crippen LogP) is 0.625. The molecule has 0 saturated heterocycles. The Morgan fingerprint density at radius 3 is 2.60 bits per heavy atom. The number of amides is 4. The maximum atomic E-state index is 13.1. The number of fused-ring (bicyclic) bond motifs is 1. The van der Waals surface area contributed by atoms with Crippen LogP contribution in [0.3, 0.4) is 0 Å². The summed E-state index contributed by atoms with van der Waals surface area (Å²) in [5, 5.41) is 8.26. The number of hydrogen-bond acceptors (Lipinski definition) is 6. The molecule has 2 atom stereocenters. The third-order valence-electron chi connectivity index (χ3n) is 5.63. The lowest BCUT2D eigenvalue weighted by Gasteiger charge is -2.27. The van der Waals surface area contributed by atoms with Crippen molar-refractivity contribution in [2.75, 3.05) is 47.4 Å². The summed E-state index contributed by atoms with van der Waals surface area (Å²) in [6, 6.07) is 4.85. The highest BCUT2D eigenvalue weighted by Crippen LogP contribution is 2.19. The van der Waals surface area contributed by atoms with Crippen molar-refractivity contribution in [3.63, 3.8) is 0 Å². The van der Waals surface area contributed by atoms with E-state index in [1.165, 1.54) is 4.90 Å². The van der Waals surface area contributed by atoms with Crippen molar-refractivity contribution in [3.05, 3.63) is 29.8 Å². The van der Waals surface area contributed by atoms with Crippen molar-refractivity contribution < 1.29 is 23.9 Å². The van der Waals surface area contributed by atoms with Crippen LogP contribution in [0, 0.1) is 5.92 Å². The van der Waals surface area contributed by atoms with E-state index in [1.54, 1.807) is 31.3 Å². The molecule has 0 aliphatic carbocycles. The highest BCUT2D eigenvalue weighted by molar-refractivity contribution is 6.01. The summed E-state index contributed by atoms with van der Waals surface area (Å²) in [7, 11) is 5.53. The van der Waals surface area contributed by atoms with E-state index >= 15 is 0 Å². The average molecular weight is 490 g/mol. The lowest BCUT2D eigenvalue weighted by Crippen LogP contribution is -2.53. The number of carbonyl (C=O) groups excluding carboxylic acids is 4. The van der Waals surface area contributed by atoms with Crippen LogP contribution >= 0.6 is 0 Å². The molecule has 0 unspecified atom stereocenters. The Morgan fingerprint density at radius 1 is 1.20 bits per heavy atom. The van der Waals surface area contributed by atoms with Gasteiger partial charge in [0.25, 0.3) is 5.91 Å². The van der Waals surface area contributed by atoms with Crippen molar-refractivity contribution >= 4 is 23.6 Å². The van der Waals surface area contributed by atoms with Crippen molar-refractivity contribution in [1.29, 1.82) is 0 Å². The summed E-state index contributed by atoms with van der Waals surface area (Å²) in [5.41, 5.74) is 0.252. The maximum Gasteiger partial charge on any atom is 0.255 e. The summed E-state index contributed by atoms with van der Waals surface area (Å²) in [6.07, 6.45) is 0.881. The molecule has 0 aromatic heterocycles. The second-order valence-corrected chi connectivity index (χ2v) is 9.53. The van der Waals surface area contributed by atoms with E-state index in [4.69, 9.17) is 4.74 Å². The molecule has 0 bridgehead atoms. The minimum absolute atomic E-state index is 0.162. The van der Waals surface area contributed by atoms with Crippen LogP contribution in [-0.4, -0.2) is 92.9 Å². The molecule has 35 heavy (non-hydrogen) atoms. The Morgan fingerprint density at radius 2 is 1.91 bits per heavy atom. The van der Waals surface area contributed by atoms with Crippen LogP contribution < -0.4 is 20.7 Å². The third kappa shape index (κ3) is 9.20. The van der Waals surface area contributed by atoms with Gasteiger partial charge >= 0.3 is 0 Å². The molecule has 0 spiro atoms. The van der Waals surface area contributed by atoms with Gasteiger partial charge in [-0.25, -0.2) is 0 Å². The Bertz CT molecular complexity index is 889. The van der Waals surface area contributed by atoms with Gasteiger partial charge in [0.1, 0.15) is 24.4 Å². The Balaban J connectivity index is 2.29. The summed E-state index contributed by atoms with van der Waals surface area (Å²) in [6.45, 7) is 5.59. The van der Waals surface area contributed by atoms with Crippen LogP contribution in [0.25, 0.3) is 0 Å². The van der Waals surface area contributed by atoms with Gasteiger partial charge in [-0.1, -0.05) is 26.0 Å². The van der Waals surface area contributed by atoms with Gasteiger partial charge in [-0.05, 0) is 51.5 Å². The van der Waals surface area contributed by atoms with E-state index < -0.39 is 29.8 Å². The minimum Gasteiger partial charge on any atom is -0.491 e. The SMILES string of the molecule is CC(C)C[C@H]1NC(=O)C[C@@H](C(=O)NCCCN(C)C)NC(=O)c2ccccc2OCCN(C)C1=O. The number of nitrogens with zero attached hydrogens (tertiary/aromatic N) is 2. The molecule has 0 radical (unpaired) electrons. The molecule has 1 aliphatic heterocycles. The van der Waals surface area contributed by atoms with Crippen LogP contribution in [0.2, 0.25) is 0 Å². The topological polar surface area (TPSA) is 120 Å². The number of rotatable bonds is 7. The largest absolute Gasteiger partial charge is 0.491 e. The summed E-state index contributed by atoms with van der Waals surface area (Å²) in [4.78, 5) is 55.5. The quantitative estimate of drug-likeness (QED) is 0.483. The predicted molar refractivity (Wildman–Crippen MR) is 133 cm³/mol. The standard InChI is InChI=1S/C25H39N5O5/c1-17(2)15-20-25(34)30(5)13-14-35-21-10-7-6-9-18(21)23(32)28-19(16-22(31)27-20)24(33)26-11-8-12-29(3)4/h6-7,9-10,17,19-20H,8,11-16H2,1-5H3,(H,26,33)(H,27,31)(H,28,32)/t19-,20+/m0/s1. The smallest absolute Gasteiger partial charge is 0.255 e. The second kappa shape index (κ2) is 13.7. The molecular weight excluding hydrogens is 450 g/mol. The summed E-state index contributed by atoms with van der Waals surface area (Å²) < 4.78 is 5.81. The third-order valence-corrected chi connectivity index (χ3v) is 5.63. The first-order chi connectivity index (χ1) is 16.6. The lowest BCUT2D eigenvalue weighted by molar-refractivity contribution is -0.136. The van der Waals surface area contributed by atoms with Crippen LogP contribution in [0.15, 0.2) is 24.3 Å². The summed E-state index contributed by atoms with van der Waals surface area (Å²) >= 11 is 0. The highest BCUT2D eigenvalue weighted by Gasteiger charge is 2.30. The maximum absolute atomic E-state index is 13.1. The van der Waals surface area contributed by atoms with E-state index in [9.17, 15) is 19.2 Å². The molecule has 1 aromatic carbocycles. The van der Waals surface area contributed by atoms with Crippen molar-refractivity contribution in [1.82, 2.24) is 25.8 Å². The molecule has 1 heterocycles. The molecule has 194 valence electrons. The zero-order valence-corrected chi connectivity index (χ0v) is 21.4. The van der Waals surface area contributed by atoms with Crippen molar-refractivity contribution in [2.24, 2.45) is 5.92 Å². The number of benzene rings is 1. The van der Waals surface area contributed by atoms with Crippen molar-refractivity contribution in [3.8, 4) is 5.75 Å². The lowest BCUT2D eigenvalue weighted by atomic mass is 10.0. The molecule has 4 amide bonds. The zero-order valence-electron chi connectivity index (χ0n) is 21.4. The molecule has 0 saturated carbocycles. The van der Waals surface area contributed by atoms with E-state index in [1.807, 2.05) is 32.8 Å². The van der Waals surface area contributed by atoms with Crippen molar-refractivity contribution in [2.45, 2.75) is 45.2 Å². The fraction of sp³-hybridized carbons (Fsp3) is 0.600. The van der Waals surface area contributed by atoms with Gasteiger partial charge in [-0.15, -0.1) is 0 Å². The van der Waals surface area contributed by atoms with Gasteiger partial charge in [0, 0.05) is 13.6 Å². The molecular formula is C25H39N5O5. The monoisotopic (exact) mass is 489 g/mol. The number of ether oxygens (including phenoxy) is 1. The first-order valence-corrected chi connectivity index (χ1v) is 12.1. The number of para-hydroxylation sites is 1. The van der Waals surface area contributed by atoms with Crippen LogP contribution in [0.1, 0.15) is 43.5 Å². The van der Waals surface area contributed by atoms with Gasteiger partial charge in [0.15, 0.2) is 0 Å². The van der Waals surface area contributed by atoms with E-state index in [2.05, 4.69) is 16.0 Å². The number of hydrogen-bond donors (Lipinski definition) is 3. The van der Waals surface area contributed by atoms with E-state index in [-0.39, 0.29) is 37.0 Å². The second-order valence-electron chi connectivity index (χ2n) is 9.53. The first kappa shape index (κ1) is 28.1. The minimum atomic E-state index is -1.11. The highest BCUT2D eigenvalue weighted by atomic mass is 16.5. The van der Waals surface area contributed by atoms with E-state index in [0.717, 1.165) is 13.0 Å². The number of likely N-dealkylation sites (N-methyl/N-ethyl adjacent to an activating group) is 1. The van der Waals surface area contributed by atoms with Gasteiger partial charge in [0.05, 0.1) is 18.5 Å². The Kier molecular flexibility index (Phi) is 11.0. The fourth-order valence-corrected chi connectivity index (χ4v) is 3.76. The van der Waals surface area contributed by atoms with Crippen LogP contribution in [0.5, 0.6) is 5.75 Å². The Labute approximate surface area is 207 Å². The number of carbonyl (C=O) groups is 4. The van der Waals surface area contributed by atoms with Gasteiger partial charge in [-0.2, -0.15) is 0 Å². The average Bonchev–Trinajstić information content (AvgIpc) is 2.79. The summed E-state index contributed by atoms with van der Waals surface area (Å²) in [5.74, 6) is -1.17. The molecule has 3 N–H and O–H groups in total. The van der Waals surface area contributed by atoms with Gasteiger partial charge in [-0.3, -0.25) is 19.2 Å². The first-order valence-electron chi connectivity index (χ1n) is 12.1. The molecule has 1 aromatic rings. The van der Waals surface area contributed by atoms with Crippen LogP contribution in [0.4, 0.5) is 0 Å². The fourth-order valence-electron chi connectivity index (χ4n) is 3.76. The number of nitrogens with one attached hydrogen (secondary N) is 3. The molecule has 0 fully saturated rings. The van der Waals surface area contributed by atoms with Gasteiger partial charge < -0.3 is 30.5 Å². The normalized spacial score (nSPS) is 20.0. The van der Waals surface area contributed by atoms with Crippen LogP contribution in [-0.2, 0) is 14.4 Å². The zero-order chi connectivity index (χ0) is 26.0. The molecule has 1 aliphatic rings. The Hall–Kier alpha value is -3.14. The molecule has 2 rings (SSSR count). The molecule has 10 heteroatoms. The molecule has 10 nitrogen and oxygen atoms in total. The van der Waals surface area contributed by atoms with E-state index in [0.29, 0.717) is 18.7 Å². The van der Waals surface area contributed by atoms with Gasteiger partial charge in [0.2, 0.25) is 17.7 Å².